The number of aliphatic carboxylic acids is 1. The van der Waals surface area contributed by atoms with Crippen molar-refractivity contribution in [2.24, 2.45) is 4.99 Å². The van der Waals surface area contributed by atoms with Crippen LogP contribution in [0.15, 0.2) is 55.9 Å². The van der Waals surface area contributed by atoms with E-state index in [1.807, 2.05) is 34.7 Å². The van der Waals surface area contributed by atoms with Gasteiger partial charge in [-0.05, 0) is 85.3 Å². The summed E-state index contributed by atoms with van der Waals surface area (Å²) in [6, 6.07) is 7.94. The number of aromatic nitrogens is 1. The van der Waals surface area contributed by atoms with Crippen molar-refractivity contribution >= 4 is 67.9 Å². The van der Waals surface area contributed by atoms with Crippen LogP contribution >= 0.6 is 49.9 Å². The highest BCUT2D eigenvalue weighted by atomic mass is 127. The van der Waals surface area contributed by atoms with Gasteiger partial charge in [-0.25, -0.2) is 14.6 Å². The lowest BCUT2D eigenvalue weighted by Crippen LogP contribution is -2.40. The topological polar surface area (TPSA) is 126 Å². The first kappa shape index (κ1) is 30.8. The summed E-state index contributed by atoms with van der Waals surface area (Å²) in [5.41, 5.74) is 1.54. The van der Waals surface area contributed by atoms with Crippen LogP contribution in [0.2, 0.25) is 0 Å². The number of nitrogens with zero attached hydrogens (tertiary/aromatic N) is 2. The molecule has 0 radical (unpaired) electrons. The number of allylic oxidation sites excluding steroid dienone is 1. The van der Waals surface area contributed by atoms with Gasteiger partial charge >= 0.3 is 11.9 Å². The van der Waals surface area contributed by atoms with E-state index in [9.17, 15) is 14.4 Å². The van der Waals surface area contributed by atoms with E-state index in [-0.39, 0.29) is 17.2 Å². The zero-order valence-electron chi connectivity index (χ0n) is 22.7. The van der Waals surface area contributed by atoms with Gasteiger partial charge in [0.25, 0.3) is 5.56 Å². The lowest BCUT2D eigenvalue weighted by atomic mass is 9.95. The van der Waals surface area contributed by atoms with Crippen LogP contribution in [0.1, 0.15) is 37.9 Å². The third-order valence-corrected chi connectivity index (χ3v) is 8.24. The van der Waals surface area contributed by atoms with Crippen molar-refractivity contribution in [2.45, 2.75) is 32.9 Å². The molecule has 0 spiro atoms. The summed E-state index contributed by atoms with van der Waals surface area (Å²) in [4.78, 5) is 43.4. The number of carbonyl (C=O) groups is 2. The summed E-state index contributed by atoms with van der Waals surface area (Å²) >= 11 is 6.70. The van der Waals surface area contributed by atoms with Crippen LogP contribution in [0.25, 0.3) is 6.08 Å². The van der Waals surface area contributed by atoms with Crippen LogP contribution in [0, 0.1) is 3.57 Å². The number of benzene rings is 2. The molecular formula is C28H26BrIN2O8S. The molecule has 4 rings (SSSR count). The molecule has 0 saturated carbocycles. The maximum absolute atomic E-state index is 14.0. The van der Waals surface area contributed by atoms with Gasteiger partial charge in [-0.1, -0.05) is 27.3 Å². The minimum Gasteiger partial charge on any atom is -0.496 e. The van der Waals surface area contributed by atoms with E-state index in [2.05, 4.69) is 20.9 Å². The third-order valence-electron chi connectivity index (χ3n) is 5.96. The van der Waals surface area contributed by atoms with E-state index in [4.69, 9.17) is 24.1 Å². The molecule has 10 nitrogen and oxygen atoms in total. The molecule has 0 aliphatic carbocycles. The van der Waals surface area contributed by atoms with Crippen molar-refractivity contribution in [3.8, 4) is 17.2 Å². The maximum Gasteiger partial charge on any atom is 0.341 e. The Morgan fingerprint density at radius 3 is 2.54 bits per heavy atom. The number of esters is 1. The monoisotopic (exact) mass is 756 g/mol. The number of ether oxygens (including phenoxy) is 4. The van der Waals surface area contributed by atoms with E-state index in [0.29, 0.717) is 47.0 Å². The maximum atomic E-state index is 14.0. The first-order chi connectivity index (χ1) is 19.4. The van der Waals surface area contributed by atoms with Crippen molar-refractivity contribution in [1.29, 1.82) is 0 Å². The van der Waals surface area contributed by atoms with Gasteiger partial charge in [-0.2, -0.15) is 0 Å². The van der Waals surface area contributed by atoms with Crippen molar-refractivity contribution in [3.63, 3.8) is 0 Å². The van der Waals surface area contributed by atoms with Gasteiger partial charge in [-0.15, -0.1) is 0 Å². The van der Waals surface area contributed by atoms with Gasteiger partial charge in [0.05, 0.1) is 39.7 Å². The molecule has 1 atom stereocenters. The predicted molar refractivity (Wildman–Crippen MR) is 165 cm³/mol. The van der Waals surface area contributed by atoms with E-state index in [1.54, 1.807) is 45.0 Å². The summed E-state index contributed by atoms with van der Waals surface area (Å²) in [6.07, 6.45) is 1.31. The third kappa shape index (κ3) is 6.51. The van der Waals surface area contributed by atoms with Crippen LogP contribution in [0.3, 0.4) is 0 Å². The smallest absolute Gasteiger partial charge is 0.341 e. The van der Waals surface area contributed by atoms with Crippen LogP contribution in [-0.4, -0.2) is 48.5 Å². The largest absolute Gasteiger partial charge is 0.496 e. The number of carboxylic acids is 1. The number of halogens is 2. The molecule has 0 unspecified atom stereocenters. The Kier molecular flexibility index (Phi) is 9.59. The zero-order chi connectivity index (χ0) is 30.0. The summed E-state index contributed by atoms with van der Waals surface area (Å²) in [5.74, 6) is -0.577. The Morgan fingerprint density at radius 2 is 1.90 bits per heavy atom. The molecule has 1 aliphatic heterocycles. The van der Waals surface area contributed by atoms with Gasteiger partial charge in [0.15, 0.2) is 22.9 Å². The van der Waals surface area contributed by atoms with Crippen molar-refractivity contribution in [3.05, 3.63) is 80.5 Å². The molecule has 216 valence electrons. The van der Waals surface area contributed by atoms with Gasteiger partial charge < -0.3 is 24.1 Å². The summed E-state index contributed by atoms with van der Waals surface area (Å²) in [7, 11) is 2.97. The second kappa shape index (κ2) is 12.8. The average molecular weight is 757 g/mol. The van der Waals surface area contributed by atoms with Crippen LogP contribution in [-0.2, 0) is 14.3 Å². The molecule has 1 aliphatic rings. The molecule has 3 aromatic rings. The fourth-order valence-corrected chi connectivity index (χ4v) is 6.53. The normalized spacial score (nSPS) is 14.9. The number of thiazole rings is 1. The lowest BCUT2D eigenvalue weighted by Gasteiger charge is -2.26. The van der Waals surface area contributed by atoms with E-state index in [0.717, 1.165) is 4.47 Å². The highest BCUT2D eigenvalue weighted by molar-refractivity contribution is 14.1. The predicted octanol–water partition coefficient (Wildman–Crippen LogP) is 4.03. The van der Waals surface area contributed by atoms with Gasteiger partial charge in [0.1, 0.15) is 11.8 Å². The average Bonchev–Trinajstić information content (AvgIpc) is 3.20. The Bertz CT molecular complexity index is 1740. The van der Waals surface area contributed by atoms with Gasteiger partial charge in [0, 0.05) is 10.0 Å². The number of methoxy groups -OCH3 is 2. The number of hydrogen-bond acceptors (Lipinski definition) is 9. The molecule has 2 heterocycles. The lowest BCUT2D eigenvalue weighted by molar-refractivity contribution is -0.143. The molecule has 2 aromatic carbocycles. The number of fused-ring (bicyclic) bond motifs is 1. The molecule has 1 N–H and O–H groups in total. The highest BCUT2D eigenvalue weighted by Gasteiger charge is 2.35. The Morgan fingerprint density at radius 1 is 1.20 bits per heavy atom. The SMILES string of the molecule is COc1ccc(Br)cc1[C@H]1C(C(=O)OC(C)C)=C(C)N=c2s/c(=C\c3cc(I)c(OCC(=O)O)c(OC)c3)c(=O)n21. The summed E-state index contributed by atoms with van der Waals surface area (Å²) in [5, 5.41) is 8.99. The summed E-state index contributed by atoms with van der Waals surface area (Å²) < 4.78 is 25.2. The van der Waals surface area contributed by atoms with E-state index in [1.165, 1.54) is 30.1 Å². The standard InChI is InChI=1S/C28H26BrIN2O8S/c1-13(2)40-27(36)23-14(3)31-28-32(24(23)17-11-16(29)6-7-19(17)37-4)26(35)21(41-28)10-15-8-18(30)25(20(9-15)38-5)39-12-22(33)34/h6-11,13,24H,12H2,1-5H3,(H,33,34)/b21-10-/t24-/m0/s1. The van der Waals surface area contributed by atoms with E-state index >= 15 is 0 Å². The number of carboxylic acid groups (broad SMARTS) is 1. The molecule has 0 amide bonds. The summed E-state index contributed by atoms with van der Waals surface area (Å²) in [6.45, 7) is 4.70. The highest BCUT2D eigenvalue weighted by Crippen LogP contribution is 2.38. The Balaban J connectivity index is 1.93. The number of hydrogen-bond donors (Lipinski definition) is 1. The zero-order valence-corrected chi connectivity index (χ0v) is 27.2. The minimum absolute atomic E-state index is 0.241. The van der Waals surface area contributed by atoms with Crippen LogP contribution < -0.4 is 29.1 Å². The van der Waals surface area contributed by atoms with E-state index < -0.39 is 24.6 Å². The fourth-order valence-electron chi connectivity index (χ4n) is 4.32. The molecule has 0 bridgehead atoms. The Labute approximate surface area is 261 Å². The molecule has 0 saturated heterocycles. The molecule has 1 aromatic heterocycles. The quantitative estimate of drug-likeness (QED) is 0.257. The van der Waals surface area contributed by atoms with Crippen molar-refractivity contribution in [1.82, 2.24) is 4.57 Å². The van der Waals surface area contributed by atoms with Crippen LogP contribution in [0.4, 0.5) is 0 Å². The Hall–Kier alpha value is -3.17. The van der Waals surface area contributed by atoms with Crippen LogP contribution in [0.5, 0.6) is 17.2 Å². The van der Waals surface area contributed by atoms with Crippen molar-refractivity contribution in [2.75, 3.05) is 20.8 Å². The molecule has 41 heavy (non-hydrogen) atoms. The molecular weight excluding hydrogens is 731 g/mol. The number of carbonyl (C=O) groups excluding carboxylic acids is 1. The second-order valence-corrected chi connectivity index (χ2v) is 12.2. The molecule has 0 fully saturated rings. The first-order valence-electron chi connectivity index (χ1n) is 12.2. The second-order valence-electron chi connectivity index (χ2n) is 9.14. The molecule has 13 heteroatoms. The minimum atomic E-state index is -1.11. The van der Waals surface area contributed by atoms with Crippen molar-refractivity contribution < 1.29 is 33.6 Å². The van der Waals surface area contributed by atoms with Gasteiger partial charge in [-0.3, -0.25) is 9.36 Å². The first-order valence-corrected chi connectivity index (χ1v) is 14.9. The fraction of sp³-hybridized carbons (Fsp3) is 0.286. The number of rotatable bonds is 9. The van der Waals surface area contributed by atoms with Gasteiger partial charge in [0.2, 0.25) is 0 Å².